The molecule has 0 aliphatic heterocycles. The van der Waals surface area contributed by atoms with Gasteiger partial charge in [0.2, 0.25) is 0 Å². The summed E-state index contributed by atoms with van der Waals surface area (Å²) in [7, 11) is 0. The van der Waals surface area contributed by atoms with Crippen molar-refractivity contribution in [2.45, 2.75) is 26.3 Å². The Morgan fingerprint density at radius 1 is 1.27 bits per heavy atom. The zero-order valence-corrected chi connectivity index (χ0v) is 12.8. The number of ketones is 1. The van der Waals surface area contributed by atoms with E-state index < -0.39 is 0 Å². The molecule has 0 atom stereocenters. The van der Waals surface area contributed by atoms with E-state index in [1.807, 2.05) is 51.4 Å². The second-order valence-corrected chi connectivity index (χ2v) is 6.05. The van der Waals surface area contributed by atoms with Gasteiger partial charge in [-0.1, -0.05) is 11.3 Å². The van der Waals surface area contributed by atoms with Crippen LogP contribution in [0.2, 0.25) is 0 Å². The Kier molecular flexibility index (Phi) is 3.36. The minimum atomic E-state index is -0.133. The van der Waals surface area contributed by atoms with Crippen molar-refractivity contribution in [3.05, 3.63) is 54.1 Å². The van der Waals surface area contributed by atoms with Crippen LogP contribution in [0.3, 0.4) is 0 Å². The van der Waals surface area contributed by atoms with Crippen molar-refractivity contribution in [2.75, 3.05) is 0 Å². The predicted octanol–water partition coefficient (Wildman–Crippen LogP) is 2.58. The molecule has 0 unspecified atom stereocenters. The highest BCUT2D eigenvalue weighted by Gasteiger charge is 2.14. The van der Waals surface area contributed by atoms with Gasteiger partial charge in [-0.25, -0.2) is 9.20 Å². The summed E-state index contributed by atoms with van der Waals surface area (Å²) in [6.07, 6.45) is 8.38. The van der Waals surface area contributed by atoms with Gasteiger partial charge in [-0.3, -0.25) is 4.79 Å². The molecule has 0 N–H and O–H groups in total. The average molecular weight is 295 g/mol. The van der Waals surface area contributed by atoms with Gasteiger partial charge in [0.1, 0.15) is 5.69 Å². The van der Waals surface area contributed by atoms with Gasteiger partial charge < -0.3 is 0 Å². The Morgan fingerprint density at radius 3 is 2.82 bits per heavy atom. The van der Waals surface area contributed by atoms with E-state index in [-0.39, 0.29) is 11.3 Å². The molecule has 3 aromatic rings. The number of aromatic nitrogens is 5. The molecular formula is C16H17N5O. The minimum absolute atomic E-state index is 0.105. The van der Waals surface area contributed by atoms with E-state index in [0.29, 0.717) is 11.3 Å². The van der Waals surface area contributed by atoms with Crippen LogP contribution >= 0.6 is 0 Å². The molecule has 0 aliphatic rings. The lowest BCUT2D eigenvalue weighted by Gasteiger charge is -2.17. The molecule has 3 rings (SSSR count). The Hall–Kier alpha value is -2.76. The highest BCUT2D eigenvalue weighted by Crippen LogP contribution is 2.14. The van der Waals surface area contributed by atoms with Crippen molar-refractivity contribution in [2.24, 2.45) is 0 Å². The second-order valence-electron chi connectivity index (χ2n) is 6.05. The van der Waals surface area contributed by atoms with Gasteiger partial charge in [-0.15, -0.1) is 5.10 Å². The lowest BCUT2D eigenvalue weighted by atomic mass is 10.1. The van der Waals surface area contributed by atoms with Crippen LogP contribution in [0.5, 0.6) is 0 Å². The third-order valence-corrected chi connectivity index (χ3v) is 3.30. The van der Waals surface area contributed by atoms with Gasteiger partial charge >= 0.3 is 0 Å². The van der Waals surface area contributed by atoms with Gasteiger partial charge in [0.25, 0.3) is 0 Å². The van der Waals surface area contributed by atoms with E-state index >= 15 is 0 Å². The molecule has 0 radical (unpaired) electrons. The first-order valence-corrected chi connectivity index (χ1v) is 7.03. The summed E-state index contributed by atoms with van der Waals surface area (Å²) in [5.41, 5.74) is 1.88. The van der Waals surface area contributed by atoms with Gasteiger partial charge in [0.15, 0.2) is 5.78 Å². The number of pyridine rings is 1. The third-order valence-electron chi connectivity index (χ3n) is 3.30. The van der Waals surface area contributed by atoms with Crippen LogP contribution in [-0.4, -0.2) is 30.4 Å². The monoisotopic (exact) mass is 295 g/mol. The molecule has 3 heterocycles. The molecule has 112 valence electrons. The molecule has 0 saturated heterocycles. The molecule has 6 nitrogen and oxygen atoms in total. The fraction of sp³-hybridized carbons (Fsp3) is 0.250. The molecule has 22 heavy (non-hydrogen) atoms. The predicted molar refractivity (Wildman–Crippen MR) is 83.6 cm³/mol. The Morgan fingerprint density at radius 2 is 2.09 bits per heavy atom. The SMILES string of the molecule is CC(C)(C)n1cc(/C=C/C(=O)c2cnn3ccccc23)nn1. The zero-order valence-electron chi connectivity index (χ0n) is 12.8. The first-order valence-electron chi connectivity index (χ1n) is 7.03. The lowest BCUT2D eigenvalue weighted by molar-refractivity contribution is 0.104. The molecule has 0 spiro atoms. The van der Waals surface area contributed by atoms with Crippen LogP contribution in [0.4, 0.5) is 0 Å². The van der Waals surface area contributed by atoms with Crippen molar-refractivity contribution in [1.29, 1.82) is 0 Å². The summed E-state index contributed by atoms with van der Waals surface area (Å²) in [5.74, 6) is -0.105. The smallest absolute Gasteiger partial charge is 0.189 e. The van der Waals surface area contributed by atoms with Crippen LogP contribution in [0.15, 0.2) is 42.9 Å². The molecule has 0 bridgehead atoms. The molecule has 0 amide bonds. The third kappa shape index (κ3) is 2.67. The summed E-state index contributed by atoms with van der Waals surface area (Å²) < 4.78 is 3.45. The maximum Gasteiger partial charge on any atom is 0.189 e. The number of carbonyl (C=O) groups is 1. The van der Waals surface area contributed by atoms with Gasteiger partial charge in [0, 0.05) is 6.20 Å². The Bertz CT molecular complexity index is 851. The normalized spacial score (nSPS) is 12.3. The van der Waals surface area contributed by atoms with Crippen molar-refractivity contribution in [3.8, 4) is 0 Å². The van der Waals surface area contributed by atoms with Crippen LogP contribution in [0.25, 0.3) is 11.6 Å². The van der Waals surface area contributed by atoms with Gasteiger partial charge in [-0.05, 0) is 45.1 Å². The number of hydrogen-bond donors (Lipinski definition) is 0. The lowest BCUT2D eigenvalue weighted by Crippen LogP contribution is -2.22. The molecular weight excluding hydrogens is 278 g/mol. The van der Waals surface area contributed by atoms with E-state index in [0.717, 1.165) is 5.52 Å². The van der Waals surface area contributed by atoms with E-state index in [1.165, 1.54) is 6.08 Å². The van der Waals surface area contributed by atoms with Gasteiger partial charge in [-0.2, -0.15) is 5.10 Å². The number of nitrogens with zero attached hydrogens (tertiary/aromatic N) is 5. The van der Waals surface area contributed by atoms with Crippen LogP contribution in [-0.2, 0) is 5.54 Å². The molecule has 3 aromatic heterocycles. The summed E-state index contributed by atoms with van der Waals surface area (Å²) in [6, 6.07) is 5.62. The molecule has 0 aromatic carbocycles. The summed E-state index contributed by atoms with van der Waals surface area (Å²) in [4.78, 5) is 12.3. The van der Waals surface area contributed by atoms with E-state index in [2.05, 4.69) is 15.4 Å². The maximum atomic E-state index is 12.3. The molecule has 0 aliphatic carbocycles. The molecule has 6 heteroatoms. The Labute approximate surface area is 128 Å². The first-order chi connectivity index (χ1) is 10.4. The van der Waals surface area contributed by atoms with Crippen LogP contribution in [0.1, 0.15) is 36.8 Å². The molecule has 0 fully saturated rings. The quantitative estimate of drug-likeness (QED) is 0.550. The standard InChI is InChI=1S/C16H17N5O/c1-16(2,3)21-11-12(18-19-21)7-8-15(22)13-10-17-20-9-5-4-6-14(13)20/h4-11H,1-3H3/b8-7+. The topological polar surface area (TPSA) is 65.1 Å². The number of fused-ring (bicyclic) bond motifs is 1. The fourth-order valence-electron chi connectivity index (χ4n) is 2.06. The van der Waals surface area contributed by atoms with Crippen LogP contribution in [0, 0.1) is 0 Å². The van der Waals surface area contributed by atoms with Crippen molar-refractivity contribution >= 4 is 17.4 Å². The van der Waals surface area contributed by atoms with Crippen molar-refractivity contribution < 1.29 is 4.79 Å². The largest absolute Gasteiger partial charge is 0.289 e. The number of rotatable bonds is 3. The number of carbonyl (C=O) groups excluding carboxylic acids is 1. The first kappa shape index (κ1) is 14.2. The average Bonchev–Trinajstić information content (AvgIpc) is 3.11. The molecule has 0 saturated carbocycles. The Balaban J connectivity index is 1.83. The fourth-order valence-corrected chi connectivity index (χ4v) is 2.06. The van der Waals surface area contributed by atoms with E-state index in [9.17, 15) is 4.79 Å². The van der Waals surface area contributed by atoms with Gasteiger partial charge in [0.05, 0.1) is 29.0 Å². The number of hydrogen-bond acceptors (Lipinski definition) is 4. The minimum Gasteiger partial charge on any atom is -0.289 e. The van der Waals surface area contributed by atoms with Crippen molar-refractivity contribution in [1.82, 2.24) is 24.6 Å². The van der Waals surface area contributed by atoms with Crippen LogP contribution < -0.4 is 0 Å². The maximum absolute atomic E-state index is 12.3. The zero-order chi connectivity index (χ0) is 15.7. The van der Waals surface area contributed by atoms with E-state index in [4.69, 9.17) is 0 Å². The summed E-state index contributed by atoms with van der Waals surface area (Å²) in [6.45, 7) is 6.12. The second kappa shape index (κ2) is 5.22. The van der Waals surface area contributed by atoms with Crippen molar-refractivity contribution in [3.63, 3.8) is 0 Å². The van der Waals surface area contributed by atoms with E-state index in [1.54, 1.807) is 21.5 Å². The summed E-state index contributed by atoms with van der Waals surface area (Å²) >= 11 is 0. The summed E-state index contributed by atoms with van der Waals surface area (Å²) in [5, 5.41) is 12.3. The highest BCUT2D eigenvalue weighted by atomic mass is 16.1. The number of allylic oxidation sites excluding steroid dienone is 1. The highest BCUT2D eigenvalue weighted by molar-refractivity contribution is 6.10.